The van der Waals surface area contributed by atoms with Crippen molar-refractivity contribution in [2.24, 2.45) is 7.05 Å². The standard InChI is InChI=1S/C11H12Cl2N4O2S/c1-17-11(14-15-16-17)20-6-7(18)5-19-10-8(12)3-2-4-9(10)13/h2-4,7,18H,5-6H2,1H3. The summed E-state index contributed by atoms with van der Waals surface area (Å²) in [6.07, 6.45) is -0.691. The van der Waals surface area contributed by atoms with Gasteiger partial charge in [-0.3, -0.25) is 0 Å². The van der Waals surface area contributed by atoms with E-state index in [0.717, 1.165) is 0 Å². The molecule has 0 spiro atoms. The van der Waals surface area contributed by atoms with Crippen LogP contribution in [0.2, 0.25) is 10.0 Å². The molecule has 0 aliphatic carbocycles. The van der Waals surface area contributed by atoms with E-state index in [4.69, 9.17) is 27.9 Å². The minimum atomic E-state index is -0.691. The number of halogens is 2. The van der Waals surface area contributed by atoms with Crippen LogP contribution in [0.3, 0.4) is 0 Å². The molecule has 1 atom stereocenters. The van der Waals surface area contributed by atoms with Crippen LogP contribution in [0, 0.1) is 0 Å². The van der Waals surface area contributed by atoms with Gasteiger partial charge < -0.3 is 9.84 Å². The van der Waals surface area contributed by atoms with Crippen LogP contribution >= 0.6 is 35.0 Å². The van der Waals surface area contributed by atoms with E-state index in [0.29, 0.717) is 26.7 Å². The van der Waals surface area contributed by atoms with Crippen molar-refractivity contribution in [2.45, 2.75) is 11.3 Å². The number of ether oxygens (including phenoxy) is 1. The Hall–Kier alpha value is -1.02. The van der Waals surface area contributed by atoms with Crippen molar-refractivity contribution < 1.29 is 9.84 Å². The molecule has 0 fully saturated rings. The number of hydrogen-bond donors (Lipinski definition) is 1. The van der Waals surface area contributed by atoms with Gasteiger partial charge in [-0.2, -0.15) is 0 Å². The molecule has 6 nitrogen and oxygen atoms in total. The van der Waals surface area contributed by atoms with Crippen LogP contribution in [-0.4, -0.2) is 43.8 Å². The zero-order valence-electron chi connectivity index (χ0n) is 10.5. The van der Waals surface area contributed by atoms with Gasteiger partial charge in [0.2, 0.25) is 5.16 Å². The Balaban J connectivity index is 1.83. The summed E-state index contributed by atoms with van der Waals surface area (Å²) in [4.78, 5) is 0. The molecule has 1 heterocycles. The normalized spacial score (nSPS) is 12.4. The highest BCUT2D eigenvalue weighted by Crippen LogP contribution is 2.32. The summed E-state index contributed by atoms with van der Waals surface area (Å²) in [5, 5.41) is 22.3. The summed E-state index contributed by atoms with van der Waals surface area (Å²) in [6, 6.07) is 5.08. The maximum absolute atomic E-state index is 9.87. The predicted molar refractivity (Wildman–Crippen MR) is 77.5 cm³/mol. The summed E-state index contributed by atoms with van der Waals surface area (Å²) in [7, 11) is 1.73. The number of thioether (sulfide) groups is 1. The third-order valence-corrected chi connectivity index (χ3v) is 4.08. The average molecular weight is 335 g/mol. The second-order valence-electron chi connectivity index (χ2n) is 3.91. The topological polar surface area (TPSA) is 73.1 Å². The lowest BCUT2D eigenvalue weighted by Crippen LogP contribution is -2.20. The van der Waals surface area contributed by atoms with Crippen LogP contribution < -0.4 is 4.74 Å². The minimum absolute atomic E-state index is 0.0851. The lowest BCUT2D eigenvalue weighted by atomic mass is 10.3. The fourth-order valence-electron chi connectivity index (χ4n) is 1.36. The van der Waals surface area contributed by atoms with E-state index in [2.05, 4.69) is 15.5 Å². The van der Waals surface area contributed by atoms with E-state index in [1.54, 1.807) is 25.2 Å². The van der Waals surface area contributed by atoms with Gasteiger partial charge in [-0.25, -0.2) is 4.68 Å². The van der Waals surface area contributed by atoms with Crippen molar-refractivity contribution in [1.82, 2.24) is 20.2 Å². The highest BCUT2D eigenvalue weighted by molar-refractivity contribution is 7.99. The SMILES string of the molecule is Cn1nnnc1SCC(O)COc1c(Cl)cccc1Cl. The predicted octanol–water partition coefficient (Wildman–Crippen LogP) is 2.05. The van der Waals surface area contributed by atoms with Gasteiger partial charge in [-0.1, -0.05) is 41.0 Å². The van der Waals surface area contributed by atoms with E-state index in [-0.39, 0.29) is 6.61 Å². The number of para-hydroxylation sites is 1. The Kier molecular flexibility index (Phi) is 5.47. The van der Waals surface area contributed by atoms with Crippen molar-refractivity contribution in [3.63, 3.8) is 0 Å². The highest BCUT2D eigenvalue weighted by Gasteiger charge is 2.12. The van der Waals surface area contributed by atoms with Crippen LogP contribution in [0.4, 0.5) is 0 Å². The molecule has 0 radical (unpaired) electrons. The molecule has 0 aliphatic rings. The van der Waals surface area contributed by atoms with E-state index >= 15 is 0 Å². The van der Waals surface area contributed by atoms with Crippen LogP contribution in [0.25, 0.3) is 0 Å². The summed E-state index contributed by atoms with van der Waals surface area (Å²) in [5.41, 5.74) is 0. The van der Waals surface area contributed by atoms with Crippen molar-refractivity contribution in [3.05, 3.63) is 28.2 Å². The van der Waals surface area contributed by atoms with Gasteiger partial charge in [0, 0.05) is 12.8 Å². The lowest BCUT2D eigenvalue weighted by Gasteiger charge is -2.13. The molecule has 1 unspecified atom stereocenters. The van der Waals surface area contributed by atoms with Gasteiger partial charge >= 0.3 is 0 Å². The molecular weight excluding hydrogens is 323 g/mol. The number of rotatable bonds is 6. The molecule has 2 rings (SSSR count). The third kappa shape index (κ3) is 3.99. The van der Waals surface area contributed by atoms with Gasteiger partial charge in [-0.05, 0) is 22.6 Å². The number of benzene rings is 1. The molecule has 0 saturated heterocycles. The van der Waals surface area contributed by atoms with Gasteiger partial charge in [0.15, 0.2) is 5.75 Å². The van der Waals surface area contributed by atoms with Crippen LogP contribution in [0.1, 0.15) is 0 Å². The first-order valence-corrected chi connectivity index (χ1v) is 7.42. The smallest absolute Gasteiger partial charge is 0.209 e. The average Bonchev–Trinajstić information content (AvgIpc) is 2.81. The molecule has 1 N–H and O–H groups in total. The Bertz CT molecular complexity index is 561. The Labute approximate surface area is 130 Å². The van der Waals surface area contributed by atoms with Crippen LogP contribution in [0.15, 0.2) is 23.4 Å². The first-order valence-electron chi connectivity index (χ1n) is 5.68. The highest BCUT2D eigenvalue weighted by atomic mass is 35.5. The first-order chi connectivity index (χ1) is 9.58. The Morgan fingerprint density at radius 1 is 1.40 bits per heavy atom. The number of aliphatic hydroxyl groups excluding tert-OH is 1. The van der Waals surface area contributed by atoms with Gasteiger partial charge in [0.05, 0.1) is 16.1 Å². The number of nitrogens with zero attached hydrogens (tertiary/aromatic N) is 4. The Morgan fingerprint density at radius 2 is 2.10 bits per heavy atom. The van der Waals surface area contributed by atoms with Crippen molar-refractivity contribution in [3.8, 4) is 5.75 Å². The number of aliphatic hydroxyl groups is 1. The summed E-state index contributed by atoms with van der Waals surface area (Å²) >= 11 is 13.3. The van der Waals surface area contributed by atoms with Crippen LogP contribution in [-0.2, 0) is 7.05 Å². The van der Waals surface area contributed by atoms with Gasteiger partial charge in [0.1, 0.15) is 6.61 Å². The van der Waals surface area contributed by atoms with E-state index in [9.17, 15) is 5.11 Å². The molecule has 2 aromatic rings. The van der Waals surface area contributed by atoms with Crippen molar-refractivity contribution in [1.29, 1.82) is 0 Å². The fraction of sp³-hybridized carbons (Fsp3) is 0.364. The molecular formula is C11H12Cl2N4O2S. The Morgan fingerprint density at radius 3 is 2.70 bits per heavy atom. The quantitative estimate of drug-likeness (QED) is 0.815. The number of aryl methyl sites for hydroxylation is 1. The molecule has 1 aromatic carbocycles. The zero-order chi connectivity index (χ0) is 14.5. The van der Waals surface area contributed by atoms with Crippen molar-refractivity contribution in [2.75, 3.05) is 12.4 Å². The van der Waals surface area contributed by atoms with Crippen molar-refractivity contribution >= 4 is 35.0 Å². The first kappa shape index (κ1) is 15.4. The second-order valence-corrected chi connectivity index (χ2v) is 5.71. The van der Waals surface area contributed by atoms with Crippen LogP contribution in [0.5, 0.6) is 5.75 Å². The maximum Gasteiger partial charge on any atom is 0.209 e. The zero-order valence-corrected chi connectivity index (χ0v) is 12.9. The molecule has 1 aromatic heterocycles. The molecule has 108 valence electrons. The molecule has 20 heavy (non-hydrogen) atoms. The monoisotopic (exact) mass is 334 g/mol. The van der Waals surface area contributed by atoms with Gasteiger partial charge in [-0.15, -0.1) is 5.10 Å². The largest absolute Gasteiger partial charge is 0.488 e. The van der Waals surface area contributed by atoms with E-state index in [1.807, 2.05) is 0 Å². The molecule has 0 bridgehead atoms. The molecule has 0 amide bonds. The molecule has 9 heteroatoms. The van der Waals surface area contributed by atoms with E-state index < -0.39 is 6.10 Å². The molecule has 0 saturated carbocycles. The summed E-state index contributed by atoms with van der Waals surface area (Å²) < 4.78 is 6.97. The fourth-order valence-corrected chi connectivity index (χ4v) is 2.62. The summed E-state index contributed by atoms with van der Waals surface area (Å²) in [6.45, 7) is 0.0851. The third-order valence-electron chi connectivity index (χ3n) is 2.33. The lowest BCUT2D eigenvalue weighted by molar-refractivity contribution is 0.126. The number of hydrogen-bond acceptors (Lipinski definition) is 6. The minimum Gasteiger partial charge on any atom is -0.488 e. The van der Waals surface area contributed by atoms with E-state index in [1.165, 1.54) is 16.4 Å². The number of aromatic nitrogens is 4. The van der Waals surface area contributed by atoms with Gasteiger partial charge in [0.25, 0.3) is 0 Å². The number of tetrazole rings is 1. The second kappa shape index (κ2) is 7.12. The maximum atomic E-state index is 9.87. The summed E-state index contributed by atoms with van der Waals surface area (Å²) in [5.74, 6) is 0.774. The molecule has 0 aliphatic heterocycles.